The number of unbranched alkanes of at least 4 members (excludes halogenated alkanes) is 2. The number of carbonyl (C=O) groups is 3. The van der Waals surface area contributed by atoms with Crippen molar-refractivity contribution in [2.75, 3.05) is 19.8 Å². The van der Waals surface area contributed by atoms with Crippen LogP contribution < -0.4 is 0 Å². The number of carbonyl (C=O) groups excluding carboxylic acids is 3. The van der Waals surface area contributed by atoms with Gasteiger partial charge in [0.1, 0.15) is 6.04 Å². The van der Waals surface area contributed by atoms with Gasteiger partial charge >= 0.3 is 5.97 Å². The first kappa shape index (κ1) is 35.3. The lowest BCUT2D eigenvalue weighted by Crippen LogP contribution is -2.63. The van der Waals surface area contributed by atoms with Crippen molar-refractivity contribution in [1.82, 2.24) is 9.80 Å². The molecule has 1 N–H and O–H groups in total. The van der Waals surface area contributed by atoms with Crippen LogP contribution in [-0.2, 0) is 25.5 Å². The molecule has 2 amide bonds. The van der Waals surface area contributed by atoms with E-state index in [4.69, 9.17) is 4.74 Å². The van der Waals surface area contributed by atoms with Crippen LogP contribution in [0, 0.1) is 23.2 Å². The fourth-order valence-electron chi connectivity index (χ4n) is 8.50. The number of ether oxygens (including phenoxy) is 1. The monoisotopic (exact) mass is 638 g/mol. The minimum absolute atomic E-state index is 0.0180. The van der Waals surface area contributed by atoms with E-state index in [-0.39, 0.29) is 41.0 Å². The zero-order chi connectivity index (χ0) is 33.2. The van der Waals surface area contributed by atoms with Crippen LogP contribution in [0.1, 0.15) is 79.2 Å². The highest BCUT2D eigenvalue weighted by atomic mass is 32.2. The molecule has 0 saturated carbocycles. The number of aliphatic hydroxyl groups excluding tert-OH is 1. The number of esters is 1. The third-order valence-corrected chi connectivity index (χ3v) is 12.0. The van der Waals surface area contributed by atoms with E-state index in [0.29, 0.717) is 19.6 Å². The van der Waals surface area contributed by atoms with Gasteiger partial charge in [0.2, 0.25) is 11.8 Å². The van der Waals surface area contributed by atoms with Gasteiger partial charge in [0.05, 0.1) is 35.8 Å². The third kappa shape index (κ3) is 6.92. The second-order valence-electron chi connectivity index (χ2n) is 15.1. The predicted molar refractivity (Wildman–Crippen MR) is 182 cm³/mol. The summed E-state index contributed by atoms with van der Waals surface area (Å²) in [6.07, 6.45) is 7.97. The van der Waals surface area contributed by atoms with Gasteiger partial charge in [-0.3, -0.25) is 14.4 Å². The molecule has 7 atom stereocenters. The van der Waals surface area contributed by atoms with E-state index >= 15 is 4.79 Å². The number of rotatable bonds is 15. The van der Waals surface area contributed by atoms with E-state index < -0.39 is 34.2 Å². The van der Waals surface area contributed by atoms with E-state index in [1.54, 1.807) is 22.7 Å². The molecule has 7 nitrogen and oxygen atoms in total. The maximum atomic E-state index is 15.2. The molecule has 3 heterocycles. The van der Waals surface area contributed by atoms with E-state index in [9.17, 15) is 14.7 Å². The summed E-state index contributed by atoms with van der Waals surface area (Å²) in [5.41, 5.74) is 0.390. The molecular weight excluding hydrogens is 584 g/mol. The minimum atomic E-state index is -0.828. The first-order chi connectivity index (χ1) is 21.2. The van der Waals surface area contributed by atoms with Crippen molar-refractivity contribution in [3.63, 3.8) is 0 Å². The number of aliphatic hydroxyl groups is 1. The molecule has 45 heavy (non-hydrogen) atoms. The predicted octanol–water partition coefficient (Wildman–Crippen LogP) is 6.06. The maximum absolute atomic E-state index is 15.2. The summed E-state index contributed by atoms with van der Waals surface area (Å²) in [5, 5.41) is 10.7. The number of nitrogens with zero attached hydrogens (tertiary/aromatic N) is 2. The van der Waals surface area contributed by atoms with Crippen LogP contribution in [0.2, 0.25) is 0 Å². The summed E-state index contributed by atoms with van der Waals surface area (Å²) in [6.45, 7) is 20.9. The van der Waals surface area contributed by atoms with Crippen molar-refractivity contribution in [2.45, 2.75) is 108 Å². The van der Waals surface area contributed by atoms with Gasteiger partial charge in [0.25, 0.3) is 0 Å². The number of likely N-dealkylation sites (tertiary alicyclic amines) is 1. The summed E-state index contributed by atoms with van der Waals surface area (Å²) in [7, 11) is 0. The van der Waals surface area contributed by atoms with Crippen LogP contribution in [0.25, 0.3) is 0 Å². The molecule has 3 unspecified atom stereocenters. The van der Waals surface area contributed by atoms with Crippen molar-refractivity contribution in [3.05, 3.63) is 61.2 Å². The summed E-state index contributed by atoms with van der Waals surface area (Å²) in [5.74, 6) is -1.98. The SMILES string of the molecule is C=CCCCCOC(=O)[C@@H]1[C@@H]2CC(C)C3(S2)C(C(=O)N(CC=C)C(C)(C)CC(C)(C)C)N([C@@H](CO)Cc2ccccc2)C(=O)[C@H]13. The van der Waals surface area contributed by atoms with Gasteiger partial charge in [-0.25, -0.2) is 0 Å². The molecule has 2 bridgehead atoms. The first-order valence-electron chi connectivity index (χ1n) is 16.6. The zero-order valence-corrected chi connectivity index (χ0v) is 29.0. The Balaban J connectivity index is 1.78. The van der Waals surface area contributed by atoms with Crippen LogP contribution in [0.5, 0.6) is 0 Å². The Morgan fingerprint density at radius 3 is 2.44 bits per heavy atom. The normalized spacial score (nSPS) is 28.1. The molecule has 8 heteroatoms. The van der Waals surface area contributed by atoms with Gasteiger partial charge < -0.3 is 19.6 Å². The van der Waals surface area contributed by atoms with Crippen LogP contribution in [-0.4, -0.2) is 80.1 Å². The summed E-state index contributed by atoms with van der Waals surface area (Å²) < 4.78 is 5.01. The smallest absolute Gasteiger partial charge is 0.310 e. The van der Waals surface area contributed by atoms with E-state index in [0.717, 1.165) is 37.7 Å². The van der Waals surface area contributed by atoms with Gasteiger partial charge in [0.15, 0.2) is 0 Å². The van der Waals surface area contributed by atoms with Crippen LogP contribution in [0.3, 0.4) is 0 Å². The standard InChI is InChI=1S/C37H54N2O5S/c1-9-11-12-16-20-44-34(43)29-28-21-25(3)37(45-28)30(29)32(41)39(27(23-40)22-26-17-14-13-15-18-26)31(37)33(42)38(19-10-2)36(7,8)24-35(4,5)6/h9-10,13-15,17-18,25,27-31,40H,1-2,11-12,16,19-24H2,3-8H3/t25?,27-,28+,29-,30+,31?,37?/m1/s1. The lowest BCUT2D eigenvalue weighted by atomic mass is 9.66. The summed E-state index contributed by atoms with van der Waals surface area (Å²) >= 11 is 1.65. The topological polar surface area (TPSA) is 87.2 Å². The molecule has 4 rings (SSSR count). The fourth-order valence-corrected chi connectivity index (χ4v) is 10.9. The Kier molecular flexibility index (Phi) is 11.0. The number of benzene rings is 1. The Bertz CT molecular complexity index is 1240. The Morgan fingerprint density at radius 1 is 1.16 bits per heavy atom. The van der Waals surface area contributed by atoms with Crippen molar-refractivity contribution >= 4 is 29.5 Å². The molecule has 1 aromatic rings. The summed E-state index contributed by atoms with van der Waals surface area (Å²) in [6, 6.07) is 8.32. The molecular formula is C37H54N2O5S. The quantitative estimate of drug-likeness (QED) is 0.143. The summed E-state index contributed by atoms with van der Waals surface area (Å²) in [4.78, 5) is 47.3. The van der Waals surface area contributed by atoms with Gasteiger partial charge in [0, 0.05) is 17.3 Å². The highest BCUT2D eigenvalue weighted by Gasteiger charge is 2.77. The number of fused-ring (bicyclic) bond motifs is 1. The van der Waals surface area contributed by atoms with Crippen molar-refractivity contribution in [2.24, 2.45) is 23.2 Å². The van der Waals surface area contributed by atoms with Crippen LogP contribution in [0.15, 0.2) is 55.6 Å². The Hall–Kier alpha value is -2.58. The minimum Gasteiger partial charge on any atom is -0.465 e. The molecule has 3 aliphatic rings. The van der Waals surface area contributed by atoms with Crippen LogP contribution in [0.4, 0.5) is 0 Å². The highest BCUT2D eigenvalue weighted by molar-refractivity contribution is 8.02. The molecule has 3 fully saturated rings. The van der Waals surface area contributed by atoms with Crippen molar-refractivity contribution < 1.29 is 24.2 Å². The highest BCUT2D eigenvalue weighted by Crippen LogP contribution is 2.69. The average molecular weight is 639 g/mol. The van der Waals surface area contributed by atoms with Crippen molar-refractivity contribution in [3.8, 4) is 0 Å². The molecule has 248 valence electrons. The van der Waals surface area contributed by atoms with Gasteiger partial charge in [-0.1, -0.05) is 70.2 Å². The number of thioether (sulfide) groups is 1. The van der Waals surface area contributed by atoms with E-state index in [2.05, 4.69) is 54.7 Å². The Labute approximate surface area is 274 Å². The number of allylic oxidation sites excluding steroid dienone is 1. The van der Waals surface area contributed by atoms with E-state index in [1.165, 1.54) is 0 Å². The molecule has 0 aliphatic carbocycles. The molecule has 0 radical (unpaired) electrons. The molecule has 3 aliphatic heterocycles. The largest absolute Gasteiger partial charge is 0.465 e. The molecule has 1 aromatic carbocycles. The van der Waals surface area contributed by atoms with E-state index in [1.807, 2.05) is 41.3 Å². The number of amides is 2. The van der Waals surface area contributed by atoms with Crippen molar-refractivity contribution in [1.29, 1.82) is 0 Å². The van der Waals surface area contributed by atoms with Gasteiger partial charge in [-0.2, -0.15) is 0 Å². The number of hydrogen-bond acceptors (Lipinski definition) is 6. The van der Waals surface area contributed by atoms with Gasteiger partial charge in [-0.15, -0.1) is 24.9 Å². The maximum Gasteiger partial charge on any atom is 0.310 e. The molecule has 0 aromatic heterocycles. The number of hydrogen-bond donors (Lipinski definition) is 1. The Morgan fingerprint density at radius 2 is 1.84 bits per heavy atom. The van der Waals surface area contributed by atoms with Gasteiger partial charge in [-0.05, 0) is 69.3 Å². The third-order valence-electron chi connectivity index (χ3n) is 9.93. The molecule has 1 spiro atoms. The lowest BCUT2D eigenvalue weighted by molar-refractivity contribution is -0.155. The molecule has 3 saturated heterocycles. The van der Waals surface area contributed by atoms with Crippen LogP contribution >= 0.6 is 11.8 Å². The average Bonchev–Trinajstić information content (AvgIpc) is 3.57. The zero-order valence-electron chi connectivity index (χ0n) is 28.2. The first-order valence-corrected chi connectivity index (χ1v) is 17.5. The fraction of sp³-hybridized carbons (Fsp3) is 0.649. The second kappa shape index (κ2) is 14.0. The lowest BCUT2D eigenvalue weighted by Gasteiger charge is -2.47. The second-order valence-corrected chi connectivity index (χ2v) is 16.6.